The number of rotatable bonds is 6. The van der Waals surface area contributed by atoms with Gasteiger partial charge in [-0.3, -0.25) is 10.6 Å². The minimum Gasteiger partial charge on any atom is -0.475 e. The van der Waals surface area contributed by atoms with Crippen LogP contribution in [0.1, 0.15) is 34.4 Å². The monoisotopic (exact) mass is 535 g/mol. The number of carboxylic acid groups (broad SMARTS) is 1. The number of nitrogens with two attached hydrogens (primary N) is 2. The summed E-state index contributed by atoms with van der Waals surface area (Å²) in [5.74, 6) is 3.12. The fourth-order valence-corrected chi connectivity index (χ4v) is 4.52. The summed E-state index contributed by atoms with van der Waals surface area (Å²) in [6.45, 7) is 4.43. The Bertz CT molecular complexity index is 1210. The van der Waals surface area contributed by atoms with Crippen LogP contribution in [0, 0.1) is 22.7 Å². The zero-order chi connectivity index (χ0) is 27.8. The second-order valence-corrected chi connectivity index (χ2v) is 8.78. The van der Waals surface area contributed by atoms with Crippen molar-refractivity contribution in [2.24, 2.45) is 11.6 Å². The molecule has 5 N–H and O–H groups in total. The maximum atomic E-state index is 12.2. The largest absolute Gasteiger partial charge is 0.490 e. The Morgan fingerprint density at radius 3 is 2.11 bits per heavy atom. The van der Waals surface area contributed by atoms with Gasteiger partial charge in [0.2, 0.25) is 5.91 Å². The molecule has 1 aromatic carbocycles. The summed E-state index contributed by atoms with van der Waals surface area (Å²) in [4.78, 5) is 27.8. The van der Waals surface area contributed by atoms with E-state index in [0.29, 0.717) is 60.1 Å². The number of hydrazine groups is 1. The van der Waals surface area contributed by atoms with Gasteiger partial charge in [0.1, 0.15) is 28.2 Å². The molecule has 1 amide bonds. The molecule has 2 aromatic rings. The van der Waals surface area contributed by atoms with Crippen LogP contribution in [0.15, 0.2) is 35.4 Å². The number of benzene rings is 1. The lowest BCUT2D eigenvalue weighted by Gasteiger charge is -2.34. The van der Waals surface area contributed by atoms with Crippen LogP contribution in [0.25, 0.3) is 0 Å². The molecule has 14 heteroatoms. The number of piperazine rings is 1. The maximum absolute atomic E-state index is 12.2. The Hall–Kier alpha value is -3.85. The molecular weight excluding hydrogens is 511 g/mol. The summed E-state index contributed by atoms with van der Waals surface area (Å²) in [6, 6.07) is 13.6. The van der Waals surface area contributed by atoms with Crippen molar-refractivity contribution in [1.82, 2.24) is 9.99 Å². The number of nitrogens with zero attached hydrogens (tertiary/aromatic N) is 5. The third kappa shape index (κ3) is 7.57. The van der Waals surface area contributed by atoms with Crippen molar-refractivity contribution in [3.8, 4) is 12.1 Å². The molecule has 3 rings (SSSR count). The van der Waals surface area contributed by atoms with Crippen LogP contribution < -0.4 is 16.5 Å². The first-order valence-electron chi connectivity index (χ1n) is 10.9. The average Bonchev–Trinajstić information content (AvgIpc) is 2.86. The van der Waals surface area contributed by atoms with Crippen molar-refractivity contribution in [2.45, 2.75) is 29.8 Å². The number of pyridine rings is 1. The molecule has 1 atom stereocenters. The Morgan fingerprint density at radius 2 is 1.68 bits per heavy atom. The van der Waals surface area contributed by atoms with Gasteiger partial charge in [-0.25, -0.2) is 14.8 Å². The number of alkyl halides is 3. The zero-order valence-corrected chi connectivity index (χ0v) is 20.5. The van der Waals surface area contributed by atoms with Gasteiger partial charge >= 0.3 is 12.1 Å². The van der Waals surface area contributed by atoms with Crippen molar-refractivity contribution in [3.63, 3.8) is 0 Å². The van der Waals surface area contributed by atoms with Gasteiger partial charge in [-0.2, -0.15) is 23.7 Å². The first-order chi connectivity index (χ1) is 17.4. The highest BCUT2D eigenvalue weighted by molar-refractivity contribution is 8.00. The number of amides is 1. The Kier molecular flexibility index (Phi) is 10.3. The molecule has 10 nitrogen and oxygen atoms in total. The topological polar surface area (TPSA) is 173 Å². The highest BCUT2D eigenvalue weighted by Crippen LogP contribution is 2.39. The Labute approximate surface area is 215 Å². The second-order valence-electron chi connectivity index (χ2n) is 7.68. The van der Waals surface area contributed by atoms with E-state index in [9.17, 15) is 28.5 Å². The number of hydrogen-bond donors (Lipinski definition) is 3. The molecule has 37 heavy (non-hydrogen) atoms. The molecule has 1 aliphatic rings. The van der Waals surface area contributed by atoms with Crippen LogP contribution >= 0.6 is 11.8 Å². The average molecular weight is 536 g/mol. The predicted molar refractivity (Wildman–Crippen MR) is 129 cm³/mol. The summed E-state index contributed by atoms with van der Waals surface area (Å²) < 4.78 is 31.7. The van der Waals surface area contributed by atoms with Crippen LogP contribution in [0.5, 0.6) is 0 Å². The lowest BCUT2D eigenvalue weighted by atomic mass is 10.0. The Morgan fingerprint density at radius 1 is 1.14 bits per heavy atom. The van der Waals surface area contributed by atoms with Gasteiger partial charge in [-0.05, 0) is 17.5 Å². The molecule has 0 bridgehead atoms. The van der Waals surface area contributed by atoms with E-state index in [1.54, 1.807) is 5.01 Å². The van der Waals surface area contributed by atoms with Gasteiger partial charge in [0.25, 0.3) is 0 Å². The fourth-order valence-electron chi connectivity index (χ4n) is 3.46. The number of carboxylic acids is 1. The minimum absolute atomic E-state index is 0.322. The lowest BCUT2D eigenvalue weighted by Crippen LogP contribution is -2.50. The predicted octanol–water partition coefficient (Wildman–Crippen LogP) is 2.34. The van der Waals surface area contributed by atoms with Gasteiger partial charge in [0.15, 0.2) is 0 Å². The van der Waals surface area contributed by atoms with Crippen molar-refractivity contribution < 1.29 is 27.9 Å². The molecule has 0 spiro atoms. The van der Waals surface area contributed by atoms with Gasteiger partial charge in [-0.1, -0.05) is 49.0 Å². The molecule has 196 valence electrons. The third-order valence-electron chi connectivity index (χ3n) is 5.27. The van der Waals surface area contributed by atoms with Crippen LogP contribution in [-0.4, -0.2) is 59.3 Å². The smallest absolute Gasteiger partial charge is 0.475 e. The summed E-state index contributed by atoms with van der Waals surface area (Å²) in [5, 5.41) is 28.2. The molecule has 2 heterocycles. The lowest BCUT2D eigenvalue weighted by molar-refractivity contribution is -0.192. The van der Waals surface area contributed by atoms with E-state index in [2.05, 4.69) is 12.1 Å². The number of carbonyl (C=O) groups is 2. The van der Waals surface area contributed by atoms with Crippen molar-refractivity contribution in [3.05, 3.63) is 52.6 Å². The van der Waals surface area contributed by atoms with Gasteiger partial charge in [-0.15, -0.1) is 0 Å². The van der Waals surface area contributed by atoms with E-state index in [1.807, 2.05) is 42.2 Å². The van der Waals surface area contributed by atoms with Crippen molar-refractivity contribution >= 4 is 29.5 Å². The van der Waals surface area contributed by atoms with Gasteiger partial charge in [0.05, 0.1) is 11.1 Å². The molecule has 0 saturated carbocycles. The standard InChI is InChI=1S/C21H23N7OS.C2HF3O2/c1-2-15-16(12-22)20(27-8-10-28(25)11-9-27)26-21(17(15)13-23)30-18(19(24)29)14-6-4-3-5-7-14;3-2(4,5)1(6)7/h3-7,18H,2,8-11,25H2,1H3,(H2,24,29);(H,6,7). The van der Waals surface area contributed by atoms with Gasteiger partial charge < -0.3 is 15.7 Å². The molecule has 1 aromatic heterocycles. The molecule has 0 radical (unpaired) electrons. The van der Waals surface area contributed by atoms with E-state index >= 15 is 0 Å². The Balaban J connectivity index is 0.000000604. The van der Waals surface area contributed by atoms with E-state index in [4.69, 9.17) is 26.5 Å². The van der Waals surface area contributed by atoms with Crippen LogP contribution in [0.3, 0.4) is 0 Å². The van der Waals surface area contributed by atoms with E-state index < -0.39 is 23.3 Å². The van der Waals surface area contributed by atoms with Crippen LogP contribution in [0.4, 0.5) is 19.0 Å². The van der Waals surface area contributed by atoms with Crippen LogP contribution in [-0.2, 0) is 16.0 Å². The number of carbonyl (C=O) groups excluding carboxylic acids is 1. The summed E-state index contributed by atoms with van der Waals surface area (Å²) in [6.07, 6.45) is -4.59. The maximum Gasteiger partial charge on any atom is 0.490 e. The quantitative estimate of drug-likeness (QED) is 0.368. The molecule has 1 fully saturated rings. The van der Waals surface area contributed by atoms with Crippen LogP contribution in [0.2, 0.25) is 0 Å². The summed E-state index contributed by atoms with van der Waals surface area (Å²) in [5.41, 5.74) is 7.78. The number of aliphatic carboxylic acids is 1. The van der Waals surface area contributed by atoms with E-state index in [-0.39, 0.29) is 0 Å². The van der Waals surface area contributed by atoms with Crippen molar-refractivity contribution in [2.75, 3.05) is 31.1 Å². The number of aromatic nitrogens is 1. The first-order valence-corrected chi connectivity index (χ1v) is 11.7. The SMILES string of the molecule is CCc1c(C#N)c(SC(C(N)=O)c2ccccc2)nc(N2CCN(N)CC2)c1C#N.O=C(O)C(F)(F)F. The number of thioether (sulfide) groups is 1. The summed E-state index contributed by atoms with van der Waals surface area (Å²) >= 11 is 1.15. The molecule has 1 unspecified atom stereocenters. The molecule has 0 aliphatic carbocycles. The summed E-state index contributed by atoms with van der Waals surface area (Å²) in [7, 11) is 0. The molecule has 1 saturated heterocycles. The first kappa shape index (κ1) is 29.4. The highest BCUT2D eigenvalue weighted by atomic mass is 32.2. The normalized spacial score (nSPS) is 14.5. The third-order valence-corrected chi connectivity index (χ3v) is 6.53. The molecule has 1 aliphatic heterocycles. The van der Waals surface area contributed by atoms with Gasteiger partial charge in [0, 0.05) is 26.2 Å². The fraction of sp³-hybridized carbons (Fsp3) is 0.348. The highest BCUT2D eigenvalue weighted by Gasteiger charge is 2.38. The van der Waals surface area contributed by atoms with Crippen molar-refractivity contribution in [1.29, 1.82) is 10.5 Å². The van der Waals surface area contributed by atoms with E-state index in [1.165, 1.54) is 0 Å². The second kappa shape index (κ2) is 12.9. The minimum atomic E-state index is -5.08. The number of nitriles is 2. The number of halogens is 3. The number of primary amides is 1. The number of hydrogen-bond acceptors (Lipinski definition) is 9. The zero-order valence-electron chi connectivity index (χ0n) is 19.7. The number of anilines is 1. The van der Waals surface area contributed by atoms with E-state index in [0.717, 1.165) is 17.3 Å². The molecular formula is C23H24F3N7O3S.